The van der Waals surface area contributed by atoms with E-state index >= 15 is 0 Å². The van der Waals surface area contributed by atoms with E-state index in [0.717, 1.165) is 25.5 Å². The van der Waals surface area contributed by atoms with Crippen molar-refractivity contribution >= 4 is 6.29 Å². The molecule has 1 rings (SSSR count). The topological polar surface area (TPSA) is 17.1 Å². The van der Waals surface area contributed by atoms with Gasteiger partial charge in [-0.1, -0.05) is 89.4 Å². The van der Waals surface area contributed by atoms with Gasteiger partial charge in [-0.25, -0.2) is 0 Å². The molecule has 0 N–H and O–H groups in total. The van der Waals surface area contributed by atoms with Crippen LogP contribution in [0.15, 0.2) is 42.5 Å². The van der Waals surface area contributed by atoms with Crippen LogP contribution in [0.4, 0.5) is 0 Å². The van der Waals surface area contributed by atoms with E-state index in [0.29, 0.717) is 6.42 Å². The van der Waals surface area contributed by atoms with Crippen molar-refractivity contribution in [1.82, 2.24) is 0 Å². The molecule has 22 heavy (non-hydrogen) atoms. The molecule has 2 atom stereocenters. The molecule has 0 aromatic heterocycles. The maximum atomic E-state index is 11.1. The number of unbranched alkanes of at least 4 members (excludes halogenated alkanes) is 1. The fourth-order valence-electron chi connectivity index (χ4n) is 3.07. The first-order valence-corrected chi connectivity index (χ1v) is 8.69. The molecule has 0 aliphatic heterocycles. The number of benzene rings is 1. The van der Waals surface area contributed by atoms with Crippen LogP contribution in [0.1, 0.15) is 71.8 Å². The van der Waals surface area contributed by atoms with Gasteiger partial charge in [0.1, 0.15) is 6.29 Å². The number of allylic oxidation sites excluding steroid dienone is 2. The fourth-order valence-corrected chi connectivity index (χ4v) is 3.07. The van der Waals surface area contributed by atoms with Crippen LogP contribution in [0.5, 0.6) is 0 Å². The third-order valence-electron chi connectivity index (χ3n) is 4.71. The Morgan fingerprint density at radius 3 is 2.18 bits per heavy atom. The summed E-state index contributed by atoms with van der Waals surface area (Å²) in [6.07, 6.45) is 12.0. The third kappa shape index (κ3) is 5.44. The molecule has 0 saturated heterocycles. The van der Waals surface area contributed by atoms with Crippen LogP contribution in [0.3, 0.4) is 0 Å². The second kappa shape index (κ2) is 8.92. The van der Waals surface area contributed by atoms with Gasteiger partial charge in [-0.05, 0) is 23.8 Å². The molecule has 0 spiro atoms. The fraction of sp³-hybridized carbons (Fsp3) is 0.571. The molecule has 0 aliphatic rings. The summed E-state index contributed by atoms with van der Waals surface area (Å²) in [5, 5.41) is 0. The van der Waals surface area contributed by atoms with Crippen molar-refractivity contribution in [3.05, 3.63) is 48.0 Å². The second-order valence-corrected chi connectivity index (χ2v) is 7.00. The Morgan fingerprint density at radius 1 is 0.955 bits per heavy atom. The number of hydrogen-bond acceptors (Lipinski definition) is 1. The minimum Gasteiger partial charge on any atom is -0.303 e. The van der Waals surface area contributed by atoms with Gasteiger partial charge in [0.05, 0.1) is 0 Å². The van der Waals surface area contributed by atoms with Crippen molar-refractivity contribution < 1.29 is 4.79 Å². The first kappa shape index (κ1) is 18.7. The van der Waals surface area contributed by atoms with Crippen molar-refractivity contribution in [2.24, 2.45) is 5.41 Å². The molecule has 122 valence electrons. The molecule has 0 radical (unpaired) electrons. The average Bonchev–Trinajstić information content (AvgIpc) is 2.53. The molecular formula is C21H32O. The molecule has 0 aliphatic carbocycles. The van der Waals surface area contributed by atoms with Gasteiger partial charge >= 0.3 is 0 Å². The van der Waals surface area contributed by atoms with Crippen molar-refractivity contribution in [3.63, 3.8) is 0 Å². The van der Waals surface area contributed by atoms with Crippen molar-refractivity contribution in [3.8, 4) is 0 Å². The van der Waals surface area contributed by atoms with Crippen LogP contribution in [-0.2, 0) is 10.2 Å². The minimum absolute atomic E-state index is 0.0124. The second-order valence-electron chi connectivity index (χ2n) is 7.00. The first-order chi connectivity index (χ1) is 10.5. The lowest BCUT2D eigenvalue weighted by molar-refractivity contribution is -0.109. The molecule has 1 nitrogen and oxygen atoms in total. The summed E-state index contributed by atoms with van der Waals surface area (Å²) < 4.78 is 0. The summed E-state index contributed by atoms with van der Waals surface area (Å²) in [4.78, 5) is 11.1. The third-order valence-corrected chi connectivity index (χ3v) is 4.71. The highest BCUT2D eigenvalue weighted by atomic mass is 16.1. The quantitative estimate of drug-likeness (QED) is 0.377. The zero-order chi connectivity index (χ0) is 16.5. The summed E-state index contributed by atoms with van der Waals surface area (Å²) in [6.45, 7) is 8.96. The maximum Gasteiger partial charge on any atom is 0.120 e. The Kier molecular flexibility index (Phi) is 7.58. The van der Waals surface area contributed by atoms with E-state index in [1.807, 2.05) is 0 Å². The number of carbonyl (C=O) groups is 1. The highest BCUT2D eigenvalue weighted by molar-refractivity contribution is 5.51. The molecule has 0 amide bonds. The monoisotopic (exact) mass is 300 g/mol. The van der Waals surface area contributed by atoms with E-state index in [4.69, 9.17) is 0 Å². The molecule has 0 heterocycles. The van der Waals surface area contributed by atoms with Gasteiger partial charge in [-0.2, -0.15) is 0 Å². The lowest BCUT2D eigenvalue weighted by atomic mass is 9.74. The van der Waals surface area contributed by atoms with Crippen molar-refractivity contribution in [2.75, 3.05) is 0 Å². The summed E-state index contributed by atoms with van der Waals surface area (Å²) in [6, 6.07) is 10.7. The molecule has 0 unspecified atom stereocenters. The van der Waals surface area contributed by atoms with Gasteiger partial charge in [-0.3, -0.25) is 0 Å². The Balaban J connectivity index is 3.03. The van der Waals surface area contributed by atoms with Crippen molar-refractivity contribution in [2.45, 2.75) is 71.6 Å². The number of aldehydes is 1. The first-order valence-electron chi connectivity index (χ1n) is 8.69. The van der Waals surface area contributed by atoms with Gasteiger partial charge in [-0.15, -0.1) is 0 Å². The molecule has 1 aromatic carbocycles. The Hall–Kier alpha value is -1.37. The average molecular weight is 300 g/mol. The van der Waals surface area contributed by atoms with E-state index in [9.17, 15) is 4.79 Å². The molecule has 0 saturated carbocycles. The summed E-state index contributed by atoms with van der Waals surface area (Å²) >= 11 is 0. The lowest BCUT2D eigenvalue weighted by Crippen LogP contribution is -2.21. The number of rotatable bonds is 10. The maximum absolute atomic E-state index is 11.1. The predicted molar refractivity (Wildman–Crippen MR) is 96.2 cm³/mol. The van der Waals surface area contributed by atoms with Crippen molar-refractivity contribution in [1.29, 1.82) is 0 Å². The highest BCUT2D eigenvalue weighted by Crippen LogP contribution is 2.35. The molecule has 1 heteroatoms. The predicted octanol–water partition coefficient (Wildman–Crippen LogP) is 6.09. The summed E-state index contributed by atoms with van der Waals surface area (Å²) in [5.41, 5.74) is 1.39. The van der Waals surface area contributed by atoms with E-state index in [1.165, 1.54) is 18.4 Å². The van der Waals surface area contributed by atoms with E-state index in [2.05, 4.69) is 70.2 Å². The normalized spacial score (nSPS) is 17.1. The Morgan fingerprint density at radius 2 is 1.64 bits per heavy atom. The Labute approximate surface area is 136 Å². The van der Waals surface area contributed by atoms with Gasteiger partial charge in [0.2, 0.25) is 0 Å². The Bertz CT molecular complexity index is 462. The minimum atomic E-state index is -0.0124. The largest absolute Gasteiger partial charge is 0.303 e. The van der Waals surface area contributed by atoms with E-state index < -0.39 is 0 Å². The molecular weight excluding hydrogens is 268 g/mol. The van der Waals surface area contributed by atoms with Gasteiger partial charge < -0.3 is 4.79 Å². The summed E-state index contributed by atoms with van der Waals surface area (Å²) in [7, 11) is 0. The SMILES string of the molecule is CCCC[C@](C)(/C=C/[C@@](C)(CCC)c1ccccc1)CC=O. The van der Waals surface area contributed by atoms with Crippen LogP contribution in [0.2, 0.25) is 0 Å². The van der Waals surface area contributed by atoms with Crippen LogP contribution in [0, 0.1) is 5.41 Å². The van der Waals surface area contributed by atoms with Crippen LogP contribution >= 0.6 is 0 Å². The van der Waals surface area contributed by atoms with Crippen LogP contribution < -0.4 is 0 Å². The summed E-state index contributed by atoms with van der Waals surface area (Å²) in [5.74, 6) is 0. The van der Waals surface area contributed by atoms with Crippen LogP contribution in [0.25, 0.3) is 0 Å². The smallest absolute Gasteiger partial charge is 0.120 e. The zero-order valence-electron chi connectivity index (χ0n) is 14.8. The van der Waals surface area contributed by atoms with E-state index in [1.54, 1.807) is 0 Å². The number of carbonyl (C=O) groups excluding carboxylic acids is 1. The highest BCUT2D eigenvalue weighted by Gasteiger charge is 2.25. The van der Waals surface area contributed by atoms with Gasteiger partial charge in [0.15, 0.2) is 0 Å². The molecule has 1 aromatic rings. The number of hydrogen-bond donors (Lipinski definition) is 0. The van der Waals surface area contributed by atoms with Gasteiger partial charge in [0, 0.05) is 11.8 Å². The molecule has 0 fully saturated rings. The molecule has 0 bridgehead atoms. The zero-order valence-corrected chi connectivity index (χ0v) is 14.8. The van der Waals surface area contributed by atoms with E-state index in [-0.39, 0.29) is 10.8 Å². The van der Waals surface area contributed by atoms with Gasteiger partial charge in [0.25, 0.3) is 0 Å². The lowest BCUT2D eigenvalue weighted by Gasteiger charge is -2.30. The van der Waals surface area contributed by atoms with Crippen LogP contribution in [-0.4, -0.2) is 6.29 Å². The standard InChI is InChI=1S/C21H32O/c1-5-7-14-20(3,17-18-22)15-16-21(4,13-6-2)19-11-9-8-10-12-19/h8-12,15-16,18H,5-7,13-14,17H2,1-4H3/b16-15+/t20-,21-/m1/s1.